The molecule has 0 saturated heterocycles. The maximum absolute atomic E-state index is 6.13. The monoisotopic (exact) mass is 382 g/mol. The molecule has 1 nitrogen and oxygen atoms in total. The molecule has 0 bridgehead atoms. The molecule has 0 saturated carbocycles. The van der Waals surface area contributed by atoms with Crippen LogP contribution in [-0.4, -0.2) is 12.7 Å². The lowest BCUT2D eigenvalue weighted by molar-refractivity contribution is 0.0417. The van der Waals surface area contributed by atoms with Crippen molar-refractivity contribution in [2.45, 2.75) is 116 Å². The lowest BCUT2D eigenvalue weighted by atomic mass is 9.90. The Morgan fingerprint density at radius 3 is 2.11 bits per heavy atom. The molecule has 1 atom stereocenters. The number of rotatable bonds is 14. The molecule has 0 aromatic heterocycles. The highest BCUT2D eigenvalue weighted by Gasteiger charge is 2.18. The van der Waals surface area contributed by atoms with Gasteiger partial charge in [-0.1, -0.05) is 82.6 Å². The molecule has 1 aromatic carbocycles. The van der Waals surface area contributed by atoms with Crippen LogP contribution in [0.25, 0.3) is 0 Å². The molecule has 0 N–H and O–H groups in total. The summed E-state index contributed by atoms with van der Waals surface area (Å²) in [4.78, 5) is 0. The molecule has 0 amide bonds. The summed E-state index contributed by atoms with van der Waals surface area (Å²) in [5, 5.41) is 0. The van der Waals surface area contributed by atoms with Crippen LogP contribution in [0.5, 0.6) is 0 Å². The number of hydrogen-bond acceptors (Lipinski definition) is 1. The van der Waals surface area contributed by atoms with Gasteiger partial charge in [0.15, 0.2) is 0 Å². The van der Waals surface area contributed by atoms with E-state index in [1.807, 2.05) is 0 Å². The summed E-state index contributed by atoms with van der Waals surface area (Å²) in [6, 6.07) is 8.83. The van der Waals surface area contributed by atoms with E-state index in [0.717, 1.165) is 25.9 Å². The zero-order valence-electron chi connectivity index (χ0n) is 18.3. The fourth-order valence-electron chi connectivity index (χ4n) is 4.07. The van der Waals surface area contributed by atoms with E-state index in [1.54, 1.807) is 0 Å². The van der Waals surface area contributed by atoms with Crippen LogP contribution in [0.2, 0.25) is 0 Å². The number of benzene rings is 1. The van der Waals surface area contributed by atoms with E-state index in [0.29, 0.717) is 6.10 Å². The van der Waals surface area contributed by atoms with Gasteiger partial charge in [-0.05, 0) is 49.7 Å². The minimum absolute atomic E-state index is 0.437. The van der Waals surface area contributed by atoms with Gasteiger partial charge in [0.1, 0.15) is 0 Å². The topological polar surface area (TPSA) is 9.23 Å². The van der Waals surface area contributed by atoms with Crippen LogP contribution in [0.3, 0.4) is 0 Å². The van der Waals surface area contributed by atoms with Crippen molar-refractivity contribution >= 4 is 0 Å². The van der Waals surface area contributed by atoms with E-state index < -0.39 is 0 Å². The van der Waals surface area contributed by atoms with Gasteiger partial charge in [0.2, 0.25) is 0 Å². The quantitative estimate of drug-likeness (QED) is 0.237. The molecule has 1 heteroatoms. The first kappa shape index (κ1) is 23.0. The number of ether oxygens (including phenoxy) is 1. The fraction of sp³-hybridized carbons (Fsp3) is 0.704. The van der Waals surface area contributed by atoms with Gasteiger partial charge in [-0.25, -0.2) is 0 Å². The first-order valence-electron chi connectivity index (χ1n) is 12.0. The molecular formula is C27H42O. The smallest absolute Gasteiger partial charge is 0.0618 e. The van der Waals surface area contributed by atoms with E-state index >= 15 is 0 Å². The van der Waals surface area contributed by atoms with Crippen molar-refractivity contribution in [2.24, 2.45) is 0 Å². The van der Waals surface area contributed by atoms with E-state index in [1.165, 1.54) is 94.6 Å². The first-order chi connectivity index (χ1) is 13.9. The summed E-state index contributed by atoms with van der Waals surface area (Å²) in [5.74, 6) is 6.73. The largest absolute Gasteiger partial charge is 0.378 e. The molecule has 1 unspecified atom stereocenters. The van der Waals surface area contributed by atoms with Crippen LogP contribution in [0.15, 0.2) is 24.3 Å². The van der Waals surface area contributed by atoms with Gasteiger partial charge in [-0.15, -0.1) is 11.8 Å². The molecule has 28 heavy (non-hydrogen) atoms. The highest BCUT2D eigenvalue weighted by atomic mass is 16.5. The van der Waals surface area contributed by atoms with Crippen molar-refractivity contribution in [1.82, 2.24) is 0 Å². The molecule has 2 rings (SSSR count). The summed E-state index contributed by atoms with van der Waals surface area (Å²) in [6.07, 6.45) is 20.8. The zero-order valence-corrected chi connectivity index (χ0v) is 18.3. The van der Waals surface area contributed by atoms with Crippen LogP contribution in [0.1, 0.15) is 108 Å². The molecule has 156 valence electrons. The van der Waals surface area contributed by atoms with E-state index in [9.17, 15) is 0 Å². The zero-order chi connectivity index (χ0) is 19.7. The molecule has 1 aliphatic rings. The van der Waals surface area contributed by atoms with Crippen LogP contribution >= 0.6 is 0 Å². The number of hydrogen-bond donors (Lipinski definition) is 0. The normalized spacial score (nSPS) is 15.7. The van der Waals surface area contributed by atoms with Gasteiger partial charge in [-0.2, -0.15) is 0 Å². The Hall–Kier alpha value is -1.26. The number of aryl methyl sites for hydroxylation is 1. The Morgan fingerprint density at radius 2 is 1.39 bits per heavy atom. The summed E-state index contributed by atoms with van der Waals surface area (Å²) >= 11 is 0. The molecule has 1 aromatic rings. The Bertz CT molecular complexity index is 565. The van der Waals surface area contributed by atoms with Gasteiger partial charge >= 0.3 is 0 Å². The predicted octanol–water partition coefficient (Wildman–Crippen LogP) is 7.66. The van der Waals surface area contributed by atoms with Crippen LogP contribution in [-0.2, 0) is 17.6 Å². The van der Waals surface area contributed by atoms with Crippen LogP contribution < -0.4 is 0 Å². The minimum Gasteiger partial charge on any atom is -0.378 e. The van der Waals surface area contributed by atoms with Crippen molar-refractivity contribution in [3.05, 3.63) is 35.4 Å². The summed E-state index contributed by atoms with van der Waals surface area (Å²) < 4.78 is 6.13. The highest BCUT2D eigenvalue weighted by molar-refractivity contribution is 5.29. The Labute approximate surface area is 174 Å². The number of unbranched alkanes of at least 4 members (excludes halogenated alkanes) is 11. The van der Waals surface area contributed by atoms with Gasteiger partial charge in [0.25, 0.3) is 0 Å². The SMILES string of the molecule is CCCCCCCCCC#CCCCCCCOC1CCc2ccccc2C1. The third kappa shape index (κ3) is 10.3. The lowest BCUT2D eigenvalue weighted by Gasteiger charge is -2.24. The molecule has 0 fully saturated rings. The van der Waals surface area contributed by atoms with Gasteiger partial charge in [-0.3, -0.25) is 0 Å². The van der Waals surface area contributed by atoms with Crippen LogP contribution in [0, 0.1) is 11.8 Å². The average Bonchev–Trinajstić information content (AvgIpc) is 2.73. The van der Waals surface area contributed by atoms with Crippen molar-refractivity contribution in [1.29, 1.82) is 0 Å². The Morgan fingerprint density at radius 1 is 0.786 bits per heavy atom. The molecule has 0 spiro atoms. The first-order valence-corrected chi connectivity index (χ1v) is 12.0. The van der Waals surface area contributed by atoms with E-state index in [4.69, 9.17) is 4.74 Å². The molecule has 0 radical (unpaired) electrons. The van der Waals surface area contributed by atoms with Crippen molar-refractivity contribution in [3.63, 3.8) is 0 Å². The second kappa shape index (κ2) is 15.6. The predicted molar refractivity (Wildman–Crippen MR) is 122 cm³/mol. The molecule has 1 aliphatic carbocycles. The number of fused-ring (bicyclic) bond motifs is 1. The average molecular weight is 383 g/mol. The second-order valence-electron chi connectivity index (χ2n) is 8.39. The standard InChI is InChI=1S/C27H42O/c1-2-3-4-5-6-7-8-9-10-11-12-13-14-15-18-23-28-27-22-21-25-19-16-17-20-26(25)24-27/h16-17,19-20,27H,2-9,12-15,18,21-24H2,1H3. The van der Waals surface area contributed by atoms with Gasteiger partial charge in [0.05, 0.1) is 6.10 Å². The summed E-state index contributed by atoms with van der Waals surface area (Å²) in [6.45, 7) is 3.21. The third-order valence-corrected chi connectivity index (χ3v) is 5.88. The third-order valence-electron chi connectivity index (χ3n) is 5.88. The Kier molecular flexibility index (Phi) is 12.9. The van der Waals surface area contributed by atoms with Crippen molar-refractivity contribution in [2.75, 3.05) is 6.61 Å². The van der Waals surface area contributed by atoms with Gasteiger partial charge in [0, 0.05) is 19.4 Å². The van der Waals surface area contributed by atoms with Gasteiger partial charge < -0.3 is 4.74 Å². The van der Waals surface area contributed by atoms with E-state index in [2.05, 4.69) is 43.0 Å². The molecular weight excluding hydrogens is 340 g/mol. The molecule has 0 aliphatic heterocycles. The second-order valence-corrected chi connectivity index (χ2v) is 8.39. The lowest BCUT2D eigenvalue weighted by Crippen LogP contribution is -2.22. The maximum Gasteiger partial charge on any atom is 0.0618 e. The van der Waals surface area contributed by atoms with Crippen molar-refractivity contribution < 1.29 is 4.74 Å². The van der Waals surface area contributed by atoms with E-state index in [-0.39, 0.29) is 0 Å². The van der Waals surface area contributed by atoms with Crippen molar-refractivity contribution in [3.8, 4) is 11.8 Å². The summed E-state index contributed by atoms with van der Waals surface area (Å²) in [5.41, 5.74) is 3.02. The Balaban J connectivity index is 1.35. The fourth-order valence-corrected chi connectivity index (χ4v) is 4.07. The minimum atomic E-state index is 0.437. The molecule has 0 heterocycles. The highest BCUT2D eigenvalue weighted by Crippen LogP contribution is 2.23. The van der Waals surface area contributed by atoms with Crippen LogP contribution in [0.4, 0.5) is 0 Å². The summed E-state index contributed by atoms with van der Waals surface area (Å²) in [7, 11) is 0. The maximum atomic E-state index is 6.13.